The number of hydrogen-bond donors (Lipinski definition) is 2. The lowest BCUT2D eigenvalue weighted by molar-refractivity contribution is 0.399. The highest BCUT2D eigenvalue weighted by atomic mass is 79.9. The Labute approximate surface area is 283 Å². The lowest BCUT2D eigenvalue weighted by Crippen LogP contribution is -2.13. The molecule has 10 nitrogen and oxygen atoms in total. The highest BCUT2D eigenvalue weighted by Crippen LogP contribution is 2.29. The van der Waals surface area contributed by atoms with Gasteiger partial charge in [0.25, 0.3) is 20.0 Å². The van der Waals surface area contributed by atoms with E-state index in [2.05, 4.69) is 51.6 Å². The van der Waals surface area contributed by atoms with Gasteiger partial charge >= 0.3 is 0 Å². The van der Waals surface area contributed by atoms with Crippen LogP contribution in [-0.4, -0.2) is 27.1 Å². The first-order chi connectivity index (χ1) is 21.9. The topological polar surface area (TPSA) is 144 Å². The van der Waals surface area contributed by atoms with E-state index >= 15 is 0 Å². The molecule has 2 aromatic heterocycles. The largest absolute Gasteiger partial charge is 0.358 e. The third kappa shape index (κ3) is 7.76. The fourth-order valence-electron chi connectivity index (χ4n) is 4.14. The zero-order valence-electron chi connectivity index (χ0n) is 24.3. The molecule has 0 spiro atoms. The minimum Gasteiger partial charge on any atom is -0.358 e. The van der Waals surface area contributed by atoms with E-state index in [1.54, 1.807) is 62.4 Å². The lowest BCUT2D eigenvalue weighted by Gasteiger charge is -2.07. The molecule has 0 atom stereocenters. The van der Waals surface area contributed by atoms with E-state index in [9.17, 15) is 16.8 Å². The van der Waals surface area contributed by atoms with Gasteiger partial charge in [0.15, 0.2) is 11.6 Å². The number of sulfonamides is 2. The summed E-state index contributed by atoms with van der Waals surface area (Å²) in [6.45, 7) is 3.37. The summed E-state index contributed by atoms with van der Waals surface area (Å²) in [7, 11) is -7.45. The van der Waals surface area contributed by atoms with Crippen molar-refractivity contribution in [1.82, 2.24) is 10.3 Å². The van der Waals surface area contributed by atoms with Gasteiger partial charge in [-0.2, -0.15) is 0 Å². The normalized spacial score (nSPS) is 11.4. The smallest absolute Gasteiger partial charge is 0.263 e. The van der Waals surface area contributed by atoms with Crippen molar-refractivity contribution in [2.24, 2.45) is 0 Å². The third-order valence-electron chi connectivity index (χ3n) is 6.59. The molecular formula is C32H26Br2N4O6S2. The minimum absolute atomic E-state index is 0.134. The van der Waals surface area contributed by atoms with Crippen molar-refractivity contribution in [3.63, 3.8) is 0 Å². The number of anilines is 2. The van der Waals surface area contributed by atoms with Gasteiger partial charge in [0, 0.05) is 0 Å². The molecule has 2 N–H and O–H groups in total. The average molecular weight is 787 g/mol. The number of halogens is 2. The molecule has 0 fully saturated rings. The number of nitrogens with one attached hydrogen (secondary N) is 2. The van der Waals surface area contributed by atoms with Crippen LogP contribution in [0.1, 0.15) is 11.5 Å². The van der Waals surface area contributed by atoms with Crippen LogP contribution in [-0.2, 0) is 20.0 Å². The zero-order valence-corrected chi connectivity index (χ0v) is 29.1. The second-order valence-electron chi connectivity index (χ2n) is 9.79. The van der Waals surface area contributed by atoms with E-state index in [0.29, 0.717) is 20.5 Å². The molecule has 0 saturated carbocycles. The summed E-state index contributed by atoms with van der Waals surface area (Å²) < 4.78 is 65.2. The number of hydrogen-bond acceptors (Lipinski definition) is 8. The molecule has 236 valence electrons. The summed E-state index contributed by atoms with van der Waals surface area (Å²) in [4.78, 5) is 0.314. The third-order valence-corrected chi connectivity index (χ3v) is 11.2. The second-order valence-corrected chi connectivity index (χ2v) is 14.7. The van der Waals surface area contributed by atoms with Crippen molar-refractivity contribution in [3.8, 4) is 22.3 Å². The predicted octanol–water partition coefficient (Wildman–Crippen LogP) is 8.43. The van der Waals surface area contributed by atoms with Crippen molar-refractivity contribution < 1.29 is 25.9 Å². The van der Waals surface area contributed by atoms with Crippen LogP contribution in [0.15, 0.2) is 137 Å². The van der Waals surface area contributed by atoms with Crippen molar-refractivity contribution in [2.75, 3.05) is 9.44 Å². The van der Waals surface area contributed by atoms with Gasteiger partial charge < -0.3 is 9.05 Å². The summed E-state index contributed by atoms with van der Waals surface area (Å²) in [6.07, 6.45) is 0. The fourth-order valence-corrected chi connectivity index (χ4v) is 6.90. The Morgan fingerprint density at radius 2 is 0.804 bits per heavy atom. The van der Waals surface area contributed by atoms with Gasteiger partial charge in [0.1, 0.15) is 20.5 Å². The standard InChI is InChI=1S/2C16H13BrN2O3S/c2*1-11-15(17)16(18-22-11)19-23(20,21)14-9-7-13(8-10-14)12-5-3-2-4-6-12/h2*2-10H,1H3,(H,18,19). The van der Waals surface area contributed by atoms with Gasteiger partial charge in [-0.3, -0.25) is 9.44 Å². The Kier molecular flexibility index (Phi) is 10.1. The summed E-state index contributed by atoms with van der Waals surface area (Å²) in [5.74, 6) is 1.27. The van der Waals surface area contributed by atoms with Crippen LogP contribution in [0.2, 0.25) is 0 Å². The van der Waals surface area contributed by atoms with Crippen molar-refractivity contribution >= 4 is 63.5 Å². The van der Waals surface area contributed by atoms with Crippen molar-refractivity contribution in [1.29, 1.82) is 0 Å². The van der Waals surface area contributed by atoms with E-state index in [1.165, 1.54) is 0 Å². The summed E-state index contributed by atoms with van der Waals surface area (Å²) in [5, 5.41) is 7.36. The molecule has 14 heteroatoms. The molecule has 0 amide bonds. The molecule has 6 aromatic rings. The maximum absolute atomic E-state index is 12.4. The van der Waals surface area contributed by atoms with Crippen LogP contribution in [0.25, 0.3) is 22.3 Å². The van der Waals surface area contributed by atoms with Crippen molar-refractivity contribution in [3.05, 3.63) is 130 Å². The molecular weight excluding hydrogens is 760 g/mol. The molecule has 0 aliphatic heterocycles. The van der Waals surface area contributed by atoms with Gasteiger partial charge in [-0.05, 0) is 92.2 Å². The Morgan fingerprint density at radius 1 is 0.500 bits per heavy atom. The first kappa shape index (κ1) is 33.1. The van der Waals surface area contributed by atoms with Gasteiger partial charge in [-0.25, -0.2) is 16.8 Å². The van der Waals surface area contributed by atoms with E-state index in [1.807, 2.05) is 60.7 Å². The van der Waals surface area contributed by atoms with E-state index < -0.39 is 20.0 Å². The van der Waals surface area contributed by atoms with E-state index in [4.69, 9.17) is 9.05 Å². The minimum atomic E-state index is -3.72. The molecule has 0 bridgehead atoms. The fraction of sp³-hybridized carbons (Fsp3) is 0.0625. The summed E-state index contributed by atoms with van der Waals surface area (Å²) in [5.41, 5.74) is 3.95. The predicted molar refractivity (Wildman–Crippen MR) is 183 cm³/mol. The average Bonchev–Trinajstić information content (AvgIpc) is 3.56. The molecule has 0 aliphatic carbocycles. The van der Waals surface area contributed by atoms with E-state index in [0.717, 1.165) is 22.3 Å². The molecule has 6 rings (SSSR count). The van der Waals surface area contributed by atoms with Crippen molar-refractivity contribution in [2.45, 2.75) is 23.6 Å². The van der Waals surface area contributed by atoms with Gasteiger partial charge in [0.05, 0.1) is 9.79 Å². The van der Waals surface area contributed by atoms with Gasteiger partial charge in [-0.15, -0.1) is 0 Å². The molecule has 0 aliphatic rings. The highest BCUT2D eigenvalue weighted by Gasteiger charge is 2.21. The number of rotatable bonds is 8. The Bertz CT molecular complexity index is 2000. The summed E-state index contributed by atoms with van der Waals surface area (Å²) >= 11 is 6.47. The molecule has 0 saturated heterocycles. The van der Waals surface area contributed by atoms with Crippen LogP contribution in [0.5, 0.6) is 0 Å². The Hall–Kier alpha value is -4.24. The second kappa shape index (κ2) is 14.0. The van der Waals surface area contributed by atoms with Gasteiger partial charge in [-0.1, -0.05) is 95.2 Å². The molecule has 0 radical (unpaired) electrons. The number of aryl methyl sites for hydroxylation is 2. The molecule has 46 heavy (non-hydrogen) atoms. The maximum Gasteiger partial charge on any atom is 0.263 e. The quantitative estimate of drug-likeness (QED) is 0.157. The zero-order chi connectivity index (χ0) is 32.9. The molecule has 0 unspecified atom stereocenters. The number of aromatic nitrogens is 2. The Balaban J connectivity index is 0.000000181. The Morgan fingerprint density at radius 3 is 1.09 bits per heavy atom. The monoisotopic (exact) mass is 784 g/mol. The lowest BCUT2D eigenvalue weighted by atomic mass is 10.1. The summed E-state index contributed by atoms with van der Waals surface area (Å²) in [6, 6.07) is 32.8. The van der Waals surface area contributed by atoms with Crippen LogP contribution in [0.3, 0.4) is 0 Å². The molecule has 2 heterocycles. The van der Waals surface area contributed by atoms with Crippen LogP contribution < -0.4 is 9.44 Å². The van der Waals surface area contributed by atoms with Crippen LogP contribution in [0.4, 0.5) is 11.6 Å². The molecule has 4 aromatic carbocycles. The van der Waals surface area contributed by atoms with Crippen LogP contribution >= 0.6 is 31.9 Å². The first-order valence-electron chi connectivity index (χ1n) is 13.5. The number of nitrogens with zero attached hydrogens (tertiary/aromatic N) is 2. The van der Waals surface area contributed by atoms with Gasteiger partial charge in [0.2, 0.25) is 0 Å². The number of benzene rings is 4. The SMILES string of the molecule is Cc1onc(NS(=O)(=O)c2ccc(-c3ccccc3)cc2)c1Br.Cc1onc(NS(=O)(=O)c2ccc(-c3ccccc3)cc2)c1Br. The van der Waals surface area contributed by atoms with Crippen LogP contribution in [0, 0.1) is 13.8 Å². The van der Waals surface area contributed by atoms with E-state index in [-0.39, 0.29) is 21.4 Å². The highest BCUT2D eigenvalue weighted by molar-refractivity contribution is 9.11. The maximum atomic E-state index is 12.4. The first-order valence-corrected chi connectivity index (χ1v) is 18.1.